The van der Waals surface area contributed by atoms with Gasteiger partial charge in [-0.15, -0.1) is 11.3 Å². The van der Waals surface area contributed by atoms with Crippen molar-refractivity contribution in [3.8, 4) is 5.75 Å². The van der Waals surface area contributed by atoms with Crippen LogP contribution in [0.4, 0.5) is 5.69 Å². The second-order valence-corrected chi connectivity index (χ2v) is 9.26. The molecule has 0 radical (unpaired) electrons. The lowest BCUT2D eigenvalue weighted by Gasteiger charge is -2.18. The number of benzene rings is 2. The number of ether oxygens (including phenoxy) is 1. The summed E-state index contributed by atoms with van der Waals surface area (Å²) in [7, 11) is -0.865. The average Bonchev–Trinajstić information content (AvgIpc) is 3.21. The Morgan fingerprint density at radius 2 is 1.86 bits per heavy atom. The Morgan fingerprint density at radius 3 is 2.48 bits per heavy atom. The molecule has 0 fully saturated rings. The summed E-state index contributed by atoms with van der Waals surface area (Å²) in [5.41, 5.74) is 1.73. The molecule has 0 atom stereocenters. The number of rotatable bonds is 7. The molecule has 0 saturated heterocycles. The van der Waals surface area contributed by atoms with E-state index in [2.05, 4.69) is 4.72 Å². The van der Waals surface area contributed by atoms with Crippen molar-refractivity contribution in [1.82, 2.24) is 4.90 Å². The van der Waals surface area contributed by atoms with Gasteiger partial charge >= 0.3 is 0 Å². The van der Waals surface area contributed by atoms with Crippen molar-refractivity contribution < 1.29 is 17.9 Å². The molecule has 3 aromatic rings. The number of sulfonamides is 1. The predicted molar refractivity (Wildman–Crippen MR) is 115 cm³/mol. The van der Waals surface area contributed by atoms with Gasteiger partial charge in [0.05, 0.1) is 13.7 Å². The summed E-state index contributed by atoms with van der Waals surface area (Å²) in [5.74, 6) is -0.102. The van der Waals surface area contributed by atoms with E-state index in [9.17, 15) is 13.2 Å². The Kier molecular flexibility index (Phi) is 6.24. The minimum absolute atomic E-state index is 0.0871. The first-order valence-corrected chi connectivity index (χ1v) is 11.2. The lowest BCUT2D eigenvalue weighted by Crippen LogP contribution is -2.26. The number of hydrogen-bond acceptors (Lipinski definition) is 5. The molecule has 1 heterocycles. The molecule has 0 aliphatic heterocycles. The van der Waals surface area contributed by atoms with Crippen LogP contribution in [0, 0.1) is 6.92 Å². The summed E-state index contributed by atoms with van der Waals surface area (Å²) >= 11 is 1.56. The molecular weight excluding hydrogens is 408 g/mol. The number of hydrogen-bond donors (Lipinski definition) is 1. The Hall–Kier alpha value is -2.84. The van der Waals surface area contributed by atoms with Crippen LogP contribution in [0.15, 0.2) is 64.9 Å². The van der Waals surface area contributed by atoms with E-state index in [0.29, 0.717) is 12.2 Å². The van der Waals surface area contributed by atoms with Gasteiger partial charge in [0.1, 0.15) is 10.6 Å². The Labute approximate surface area is 174 Å². The number of methoxy groups -OCH3 is 1. The smallest absolute Gasteiger partial charge is 0.265 e. The van der Waals surface area contributed by atoms with E-state index < -0.39 is 10.0 Å². The third-order valence-electron chi connectivity index (χ3n) is 4.32. The van der Waals surface area contributed by atoms with Gasteiger partial charge in [-0.25, -0.2) is 8.42 Å². The summed E-state index contributed by atoms with van der Waals surface area (Å²) in [4.78, 5) is 15.3. The molecule has 0 saturated carbocycles. The fourth-order valence-corrected chi connectivity index (χ4v) is 4.79. The minimum atomic E-state index is -3.94. The first-order valence-electron chi connectivity index (χ1n) is 8.85. The molecule has 0 bridgehead atoms. The molecule has 0 unspecified atom stereocenters. The number of nitrogens with zero attached hydrogens (tertiary/aromatic N) is 1. The van der Waals surface area contributed by atoms with E-state index in [1.54, 1.807) is 41.5 Å². The number of amides is 1. The third-order valence-corrected chi connectivity index (χ3v) is 6.59. The second kappa shape index (κ2) is 8.67. The zero-order valence-corrected chi connectivity index (χ0v) is 18.0. The van der Waals surface area contributed by atoms with Gasteiger partial charge in [0, 0.05) is 23.2 Å². The van der Waals surface area contributed by atoms with Crippen molar-refractivity contribution in [2.45, 2.75) is 18.4 Å². The van der Waals surface area contributed by atoms with Crippen molar-refractivity contribution >= 4 is 33.0 Å². The highest BCUT2D eigenvalue weighted by atomic mass is 32.2. The number of carbonyl (C=O) groups excluding carboxylic acids is 1. The van der Waals surface area contributed by atoms with E-state index >= 15 is 0 Å². The monoisotopic (exact) mass is 430 g/mol. The highest BCUT2D eigenvalue weighted by molar-refractivity contribution is 7.92. The largest absolute Gasteiger partial charge is 0.495 e. The first kappa shape index (κ1) is 20.9. The molecule has 1 amide bonds. The van der Waals surface area contributed by atoms with Crippen LogP contribution >= 0.6 is 11.3 Å². The Morgan fingerprint density at radius 1 is 1.14 bits per heavy atom. The maximum Gasteiger partial charge on any atom is 0.265 e. The lowest BCUT2D eigenvalue weighted by atomic mass is 10.2. The Bertz CT molecular complexity index is 1090. The molecule has 29 heavy (non-hydrogen) atoms. The second-order valence-electron chi connectivity index (χ2n) is 6.58. The molecular formula is C21H22N2O4S2. The predicted octanol–water partition coefficient (Wildman–Crippen LogP) is 4.14. The molecule has 8 heteroatoms. The van der Waals surface area contributed by atoms with Crippen LogP contribution in [0.25, 0.3) is 0 Å². The van der Waals surface area contributed by atoms with Gasteiger partial charge in [0.15, 0.2) is 0 Å². The van der Waals surface area contributed by atoms with Crippen molar-refractivity contribution in [2.75, 3.05) is 18.9 Å². The SMILES string of the molecule is COc1ccc(C(=O)N(C)Cc2cccs2)cc1S(=O)(=O)Nc1ccc(C)cc1. The van der Waals surface area contributed by atoms with E-state index in [4.69, 9.17) is 4.74 Å². The van der Waals surface area contributed by atoms with E-state index in [-0.39, 0.29) is 22.1 Å². The third kappa shape index (κ3) is 4.96. The number of nitrogens with one attached hydrogen (secondary N) is 1. The van der Waals surface area contributed by atoms with Crippen LogP contribution < -0.4 is 9.46 Å². The minimum Gasteiger partial charge on any atom is -0.495 e. The fraction of sp³-hybridized carbons (Fsp3) is 0.190. The van der Waals surface area contributed by atoms with Gasteiger partial charge in [0.25, 0.3) is 15.9 Å². The van der Waals surface area contributed by atoms with Gasteiger partial charge in [0.2, 0.25) is 0 Å². The molecule has 0 aliphatic carbocycles. The summed E-state index contributed by atoms with van der Waals surface area (Å²) in [6, 6.07) is 15.3. The van der Waals surface area contributed by atoms with Crippen LogP contribution in [0.5, 0.6) is 5.75 Å². The van der Waals surface area contributed by atoms with E-state index in [1.807, 2.05) is 36.6 Å². The number of aryl methyl sites for hydroxylation is 1. The molecule has 3 rings (SSSR count). The summed E-state index contributed by atoms with van der Waals surface area (Å²) in [5, 5.41) is 1.95. The standard InChI is InChI=1S/C21H22N2O4S2/c1-15-6-9-17(10-7-15)22-29(25,26)20-13-16(8-11-19(20)27-3)21(24)23(2)14-18-5-4-12-28-18/h4-13,22H,14H2,1-3H3. The van der Waals surface area contributed by atoms with Gasteiger partial charge in [-0.2, -0.15) is 0 Å². The first-order chi connectivity index (χ1) is 13.8. The van der Waals surface area contributed by atoms with Gasteiger partial charge in [-0.05, 0) is 48.7 Å². The van der Waals surface area contributed by atoms with Crippen molar-refractivity contribution in [1.29, 1.82) is 0 Å². The zero-order valence-electron chi connectivity index (χ0n) is 16.4. The molecule has 1 N–H and O–H groups in total. The zero-order chi connectivity index (χ0) is 21.0. The number of carbonyl (C=O) groups is 1. The molecule has 152 valence electrons. The average molecular weight is 431 g/mol. The van der Waals surface area contributed by atoms with Crippen LogP contribution in [0.2, 0.25) is 0 Å². The van der Waals surface area contributed by atoms with Gasteiger partial charge in [-0.1, -0.05) is 23.8 Å². The van der Waals surface area contributed by atoms with Crippen LogP contribution in [-0.2, 0) is 16.6 Å². The Balaban J connectivity index is 1.89. The molecule has 1 aromatic heterocycles. The number of thiophene rings is 1. The van der Waals surface area contributed by atoms with Crippen molar-refractivity contribution in [3.05, 3.63) is 76.0 Å². The normalized spacial score (nSPS) is 11.1. The topological polar surface area (TPSA) is 75.7 Å². The molecule has 0 aliphatic rings. The van der Waals surface area contributed by atoms with E-state index in [0.717, 1.165) is 10.4 Å². The van der Waals surface area contributed by atoms with E-state index in [1.165, 1.54) is 19.2 Å². The van der Waals surface area contributed by atoms with Gasteiger partial charge < -0.3 is 9.64 Å². The summed E-state index contributed by atoms with van der Waals surface area (Å²) in [6.45, 7) is 2.37. The van der Waals surface area contributed by atoms with Crippen LogP contribution in [0.1, 0.15) is 20.8 Å². The summed E-state index contributed by atoms with van der Waals surface area (Å²) < 4.78 is 33.7. The molecule has 0 spiro atoms. The highest BCUT2D eigenvalue weighted by Gasteiger charge is 2.23. The maximum atomic E-state index is 13.0. The van der Waals surface area contributed by atoms with Crippen molar-refractivity contribution in [2.24, 2.45) is 0 Å². The molecule has 2 aromatic carbocycles. The highest BCUT2D eigenvalue weighted by Crippen LogP contribution is 2.28. The summed E-state index contributed by atoms with van der Waals surface area (Å²) in [6.07, 6.45) is 0. The van der Waals surface area contributed by atoms with Crippen LogP contribution in [0.3, 0.4) is 0 Å². The lowest BCUT2D eigenvalue weighted by molar-refractivity contribution is 0.0786. The maximum absolute atomic E-state index is 13.0. The fourth-order valence-electron chi connectivity index (χ4n) is 2.78. The molecule has 6 nitrogen and oxygen atoms in total. The van der Waals surface area contributed by atoms with Crippen LogP contribution in [-0.4, -0.2) is 33.4 Å². The quantitative estimate of drug-likeness (QED) is 0.611. The number of anilines is 1. The van der Waals surface area contributed by atoms with Crippen molar-refractivity contribution in [3.63, 3.8) is 0 Å². The van der Waals surface area contributed by atoms with Gasteiger partial charge in [-0.3, -0.25) is 9.52 Å².